The van der Waals surface area contributed by atoms with Crippen molar-refractivity contribution in [2.45, 2.75) is 40.2 Å². The number of nitrogens with zero attached hydrogens (tertiary/aromatic N) is 1. The Kier molecular flexibility index (Phi) is 3.02. The Bertz CT molecular complexity index is 273. The molecule has 15 heavy (non-hydrogen) atoms. The molecule has 0 radical (unpaired) electrons. The lowest BCUT2D eigenvalue weighted by molar-refractivity contribution is 0.489. The summed E-state index contributed by atoms with van der Waals surface area (Å²) in [6, 6.07) is 0.581. The lowest BCUT2D eigenvalue weighted by Crippen LogP contribution is -2.41. The highest BCUT2D eigenvalue weighted by atomic mass is 32.2. The van der Waals surface area contributed by atoms with E-state index in [0.717, 1.165) is 18.4 Å². The number of amidine groups is 1. The van der Waals surface area contributed by atoms with Gasteiger partial charge in [0.2, 0.25) is 0 Å². The third kappa shape index (κ3) is 2.68. The van der Waals surface area contributed by atoms with E-state index in [1.54, 1.807) is 0 Å². The molecule has 86 valence electrons. The quantitative estimate of drug-likeness (QED) is 0.783. The molecule has 3 atom stereocenters. The van der Waals surface area contributed by atoms with Crippen LogP contribution in [0.1, 0.15) is 34.1 Å². The van der Waals surface area contributed by atoms with Gasteiger partial charge in [-0.2, -0.15) is 0 Å². The van der Waals surface area contributed by atoms with E-state index in [4.69, 9.17) is 4.99 Å². The van der Waals surface area contributed by atoms with Crippen molar-refractivity contribution in [3.05, 3.63) is 0 Å². The molecule has 0 aromatic heterocycles. The lowest BCUT2D eigenvalue weighted by Gasteiger charge is -2.28. The van der Waals surface area contributed by atoms with Crippen molar-refractivity contribution in [1.82, 2.24) is 5.32 Å². The van der Waals surface area contributed by atoms with Crippen LogP contribution in [0.4, 0.5) is 0 Å². The average Bonchev–Trinajstić information content (AvgIpc) is 2.77. The Morgan fingerprint density at radius 3 is 2.67 bits per heavy atom. The van der Waals surface area contributed by atoms with E-state index in [1.807, 2.05) is 11.8 Å². The Morgan fingerprint density at radius 1 is 1.47 bits per heavy atom. The van der Waals surface area contributed by atoms with E-state index in [0.29, 0.717) is 11.5 Å². The molecule has 0 aromatic rings. The molecule has 3 unspecified atom stereocenters. The molecule has 2 rings (SSSR count). The van der Waals surface area contributed by atoms with Crippen LogP contribution in [-0.2, 0) is 0 Å². The van der Waals surface area contributed by atoms with E-state index in [-0.39, 0.29) is 0 Å². The molecule has 1 aliphatic carbocycles. The third-order valence-electron chi connectivity index (χ3n) is 3.86. The fourth-order valence-electron chi connectivity index (χ4n) is 1.91. The second-order valence-corrected chi connectivity index (χ2v) is 6.77. The SMILES string of the molecule is CC1CSC(=NCC2CC2(C)C)NC1C. The van der Waals surface area contributed by atoms with Crippen molar-refractivity contribution in [2.24, 2.45) is 22.2 Å². The molecule has 1 aliphatic heterocycles. The molecule has 1 saturated heterocycles. The van der Waals surface area contributed by atoms with Crippen molar-refractivity contribution in [3.8, 4) is 0 Å². The van der Waals surface area contributed by atoms with Gasteiger partial charge in [0.1, 0.15) is 0 Å². The van der Waals surface area contributed by atoms with Gasteiger partial charge in [0.25, 0.3) is 0 Å². The van der Waals surface area contributed by atoms with Crippen molar-refractivity contribution < 1.29 is 0 Å². The minimum atomic E-state index is 0.558. The van der Waals surface area contributed by atoms with Crippen LogP contribution in [0.3, 0.4) is 0 Å². The lowest BCUT2D eigenvalue weighted by atomic mass is 10.1. The Morgan fingerprint density at radius 2 is 2.13 bits per heavy atom. The zero-order valence-corrected chi connectivity index (χ0v) is 11.0. The molecule has 0 aromatic carbocycles. The van der Waals surface area contributed by atoms with E-state index in [2.05, 4.69) is 33.0 Å². The maximum Gasteiger partial charge on any atom is 0.156 e. The maximum absolute atomic E-state index is 4.69. The van der Waals surface area contributed by atoms with Crippen LogP contribution >= 0.6 is 11.8 Å². The van der Waals surface area contributed by atoms with E-state index < -0.39 is 0 Å². The van der Waals surface area contributed by atoms with Crippen molar-refractivity contribution in [1.29, 1.82) is 0 Å². The van der Waals surface area contributed by atoms with Crippen LogP contribution < -0.4 is 5.32 Å². The summed E-state index contributed by atoms with van der Waals surface area (Å²) >= 11 is 1.88. The first-order valence-electron chi connectivity index (χ1n) is 5.93. The minimum absolute atomic E-state index is 0.558. The Balaban J connectivity index is 1.82. The Labute approximate surface area is 97.3 Å². The van der Waals surface area contributed by atoms with Gasteiger partial charge >= 0.3 is 0 Å². The monoisotopic (exact) mass is 226 g/mol. The second-order valence-electron chi connectivity index (χ2n) is 5.76. The fourth-order valence-corrected chi connectivity index (χ4v) is 3.05. The molecule has 2 aliphatic rings. The third-order valence-corrected chi connectivity index (χ3v) is 5.07. The molecule has 2 fully saturated rings. The average molecular weight is 226 g/mol. The van der Waals surface area contributed by atoms with Crippen LogP contribution in [0.5, 0.6) is 0 Å². The predicted molar refractivity (Wildman–Crippen MR) is 68.4 cm³/mol. The first kappa shape index (κ1) is 11.3. The molecule has 2 nitrogen and oxygen atoms in total. The molecular formula is C12H22N2S. The molecular weight excluding hydrogens is 204 g/mol. The summed E-state index contributed by atoms with van der Waals surface area (Å²) in [5.74, 6) is 2.79. The number of thioether (sulfide) groups is 1. The number of hydrogen-bond acceptors (Lipinski definition) is 2. The fraction of sp³-hybridized carbons (Fsp3) is 0.917. The summed E-state index contributed by atoms with van der Waals surface area (Å²) in [7, 11) is 0. The summed E-state index contributed by atoms with van der Waals surface area (Å²) in [5.41, 5.74) is 0.558. The molecule has 1 N–H and O–H groups in total. The number of nitrogens with one attached hydrogen (secondary N) is 1. The molecule has 3 heteroatoms. The largest absolute Gasteiger partial charge is 0.362 e. The molecule has 0 spiro atoms. The van der Waals surface area contributed by atoms with Crippen LogP contribution in [0, 0.1) is 17.3 Å². The highest BCUT2D eigenvalue weighted by molar-refractivity contribution is 8.13. The highest BCUT2D eigenvalue weighted by Gasteiger charge is 2.45. The first-order chi connectivity index (χ1) is 6.99. The highest BCUT2D eigenvalue weighted by Crippen LogP contribution is 2.51. The Hall–Kier alpha value is -0.180. The molecule has 1 saturated carbocycles. The van der Waals surface area contributed by atoms with Crippen molar-refractivity contribution in [2.75, 3.05) is 12.3 Å². The van der Waals surface area contributed by atoms with Crippen LogP contribution in [-0.4, -0.2) is 23.5 Å². The normalized spacial score (nSPS) is 41.3. The first-order valence-corrected chi connectivity index (χ1v) is 6.91. The van der Waals surface area contributed by atoms with Crippen molar-refractivity contribution in [3.63, 3.8) is 0 Å². The van der Waals surface area contributed by atoms with Gasteiger partial charge in [-0.05, 0) is 30.6 Å². The van der Waals surface area contributed by atoms with Crippen LogP contribution in [0.15, 0.2) is 4.99 Å². The molecule has 0 bridgehead atoms. The van der Waals surface area contributed by atoms with Gasteiger partial charge in [-0.1, -0.05) is 32.5 Å². The van der Waals surface area contributed by atoms with Crippen LogP contribution in [0.25, 0.3) is 0 Å². The summed E-state index contributed by atoms with van der Waals surface area (Å²) in [5, 5.41) is 4.66. The van der Waals surface area contributed by atoms with E-state index in [9.17, 15) is 0 Å². The van der Waals surface area contributed by atoms with Gasteiger partial charge in [0.05, 0.1) is 0 Å². The second kappa shape index (κ2) is 4.00. The number of hydrogen-bond donors (Lipinski definition) is 1. The number of aliphatic imine (C=N–C) groups is 1. The van der Waals surface area contributed by atoms with Gasteiger partial charge < -0.3 is 5.32 Å². The van der Waals surface area contributed by atoms with Gasteiger partial charge in [-0.3, -0.25) is 4.99 Å². The van der Waals surface area contributed by atoms with Gasteiger partial charge in [-0.15, -0.1) is 0 Å². The smallest absolute Gasteiger partial charge is 0.156 e. The standard InChI is InChI=1S/C12H22N2S/c1-8-7-15-11(14-9(8)2)13-6-10-5-12(10,3)4/h8-10H,5-7H2,1-4H3,(H,13,14). The molecule has 0 amide bonds. The van der Waals surface area contributed by atoms with Gasteiger partial charge in [0.15, 0.2) is 5.17 Å². The summed E-state index contributed by atoms with van der Waals surface area (Å²) in [4.78, 5) is 4.69. The topological polar surface area (TPSA) is 24.4 Å². The minimum Gasteiger partial charge on any atom is -0.362 e. The zero-order valence-electron chi connectivity index (χ0n) is 10.2. The van der Waals surface area contributed by atoms with E-state index in [1.165, 1.54) is 17.3 Å². The van der Waals surface area contributed by atoms with Gasteiger partial charge in [0, 0.05) is 18.3 Å². The maximum atomic E-state index is 4.69. The predicted octanol–water partition coefficient (Wildman–Crippen LogP) is 2.75. The van der Waals surface area contributed by atoms with E-state index >= 15 is 0 Å². The van der Waals surface area contributed by atoms with Crippen LogP contribution in [0.2, 0.25) is 0 Å². The summed E-state index contributed by atoms with van der Waals surface area (Å²) in [6.45, 7) is 10.2. The van der Waals surface area contributed by atoms with Gasteiger partial charge in [-0.25, -0.2) is 0 Å². The summed E-state index contributed by atoms with van der Waals surface area (Å²) < 4.78 is 0. The van der Waals surface area contributed by atoms with Crippen molar-refractivity contribution >= 4 is 16.9 Å². The molecule has 1 heterocycles. The summed E-state index contributed by atoms with van der Waals surface area (Å²) in [6.07, 6.45) is 1.35. The number of rotatable bonds is 2. The zero-order chi connectivity index (χ0) is 11.1.